The molecule has 524 valence electrons. The third-order valence-electron chi connectivity index (χ3n) is 17.7. The van der Waals surface area contributed by atoms with E-state index >= 15 is 0 Å². The summed E-state index contributed by atoms with van der Waals surface area (Å²) in [5.41, 5.74) is 1.43. The summed E-state index contributed by atoms with van der Waals surface area (Å²) in [6.45, 7) is 8.75. The summed E-state index contributed by atoms with van der Waals surface area (Å²) in [4.78, 5) is 99.7. The maximum atomic E-state index is 14.6. The van der Waals surface area contributed by atoms with E-state index in [1.54, 1.807) is 79.2 Å². The van der Waals surface area contributed by atoms with Gasteiger partial charge in [-0.1, -0.05) is 72.9 Å². The number of anilines is 1. The average Bonchev–Trinajstić information content (AvgIpc) is 1.64. The van der Waals surface area contributed by atoms with Crippen LogP contribution < -0.4 is 42.5 Å². The molecule has 2 aromatic heterocycles. The Labute approximate surface area is 585 Å². The molecule has 6 heterocycles. The van der Waals surface area contributed by atoms with E-state index in [9.17, 15) is 33.6 Å². The van der Waals surface area contributed by atoms with Crippen molar-refractivity contribution in [2.45, 2.75) is 204 Å². The third-order valence-corrected chi connectivity index (χ3v) is 21.2. The molecule has 8 N–H and O–H groups in total. The molecule has 0 aliphatic carbocycles. The number of urea groups is 1. The molecule has 0 spiro atoms. The van der Waals surface area contributed by atoms with Crippen LogP contribution in [0.15, 0.2) is 99.0 Å². The lowest BCUT2D eigenvalue weighted by Gasteiger charge is -2.32. The zero-order chi connectivity index (χ0) is 69.3. The van der Waals surface area contributed by atoms with Crippen molar-refractivity contribution in [1.82, 2.24) is 87.4 Å². The molecule has 9 rings (SSSR count). The van der Waals surface area contributed by atoms with Crippen molar-refractivity contribution in [3.63, 3.8) is 0 Å². The molecule has 0 saturated carbocycles. The normalized spacial score (nSPS) is 19.7. The first-order valence-corrected chi connectivity index (χ1v) is 36.4. The van der Waals surface area contributed by atoms with Crippen LogP contribution >= 0.6 is 35.3 Å². The quantitative estimate of drug-likeness (QED) is 0.0161. The van der Waals surface area contributed by atoms with Crippen LogP contribution in [0.4, 0.5) is 10.5 Å². The molecule has 0 bridgehead atoms. The number of thioether (sulfide) groups is 1. The molecule has 5 aromatic rings. The summed E-state index contributed by atoms with van der Waals surface area (Å²) in [5.74, 6) is 11.7. The molecule has 0 radical (unpaired) electrons. The summed E-state index contributed by atoms with van der Waals surface area (Å²) < 4.78 is 15.9. The molecular formula is C68H90N18O9S3. The molecule has 30 heteroatoms. The number of fused-ring (bicyclic) bond motifs is 1. The second kappa shape index (κ2) is 37.7. The molecule has 8 amide bonds. The fourth-order valence-corrected chi connectivity index (χ4v) is 15.1. The molecule has 4 fully saturated rings. The number of ether oxygens (including phenoxy) is 2. The number of nitrogens with one attached hydrogen (secondary N) is 8. The highest BCUT2D eigenvalue weighted by atomic mass is 32.2. The number of benzene rings is 3. The topological polar surface area (TPSA) is 328 Å². The van der Waals surface area contributed by atoms with E-state index in [0.717, 1.165) is 47.6 Å². The first kappa shape index (κ1) is 74.1. The summed E-state index contributed by atoms with van der Waals surface area (Å²) in [7, 11) is 3.33. The first-order valence-electron chi connectivity index (χ1n) is 33.7. The monoisotopic (exact) mass is 1400 g/mol. The number of hydrogen-bond acceptors (Lipinski definition) is 20. The third kappa shape index (κ3) is 21.7. The Balaban J connectivity index is 0.839. The molecule has 11 atom stereocenters. The summed E-state index contributed by atoms with van der Waals surface area (Å²) >= 11 is 4.73. The van der Waals surface area contributed by atoms with Crippen molar-refractivity contribution in [3.05, 3.63) is 90.0 Å². The summed E-state index contributed by atoms with van der Waals surface area (Å²) in [5, 5.41) is 50.2. The van der Waals surface area contributed by atoms with Crippen molar-refractivity contribution >= 4 is 82.4 Å². The molecule has 4 aliphatic rings. The predicted molar refractivity (Wildman–Crippen MR) is 372 cm³/mol. The van der Waals surface area contributed by atoms with E-state index in [0.29, 0.717) is 104 Å². The van der Waals surface area contributed by atoms with Gasteiger partial charge >= 0.3 is 6.03 Å². The zero-order valence-electron chi connectivity index (χ0n) is 56.4. The fraction of sp³-hybridized carbons (Fsp3) is 0.544. The molecule has 98 heavy (non-hydrogen) atoms. The Morgan fingerprint density at radius 2 is 1.16 bits per heavy atom. The molecule has 4 aliphatic heterocycles. The number of hydrogen-bond donors (Lipinski definition) is 8. The number of carbonyl (C=O) groups is 7. The van der Waals surface area contributed by atoms with Crippen molar-refractivity contribution in [1.29, 1.82) is 0 Å². The lowest BCUT2D eigenvalue weighted by atomic mass is 10.0. The molecule has 27 nitrogen and oxygen atoms in total. The van der Waals surface area contributed by atoms with E-state index in [1.807, 2.05) is 72.4 Å². The maximum Gasteiger partial charge on any atom is 0.315 e. The largest absolute Gasteiger partial charge is 0.363 e. The van der Waals surface area contributed by atoms with E-state index < -0.39 is 36.4 Å². The van der Waals surface area contributed by atoms with Gasteiger partial charge in [-0.05, 0) is 180 Å². The van der Waals surface area contributed by atoms with Crippen LogP contribution in [0.3, 0.4) is 0 Å². The first-order chi connectivity index (χ1) is 47.5. The summed E-state index contributed by atoms with van der Waals surface area (Å²) in [6, 6.07) is 21.1. The number of unbranched alkanes of at least 4 members (excludes halogenated alkanes) is 3. The van der Waals surface area contributed by atoms with Gasteiger partial charge in [0.15, 0.2) is 0 Å². The van der Waals surface area contributed by atoms with E-state index in [2.05, 4.69) is 97.3 Å². The highest BCUT2D eigenvalue weighted by molar-refractivity contribution is 8.00. The molecular weight excluding hydrogens is 1310 g/mol. The van der Waals surface area contributed by atoms with Crippen molar-refractivity contribution in [2.75, 3.05) is 58.0 Å². The SMILES string of the molecule is CN[C@@H](C)C(=O)N[C@H](C(=O)N1CCC[C@H]1Cn1nnnc1Sc1ccccc1)[C@@H](C)OCC#Cc1cc(C#CCO[C@H](C)[C@H](NC(=O)[C@H](C)NC)C(=O)N2CCC[C@H]2Cn2nnnc2Sc2ccccc2)cc(NC(=O)CCCCCNC(=O)CCCC[C@@H]2SC[C@@H]3NC(=O)N[C@@H]32)c1. The highest BCUT2D eigenvalue weighted by Gasteiger charge is 2.43. The van der Waals surface area contributed by atoms with Gasteiger partial charge in [-0.25, -0.2) is 14.2 Å². The number of tetrazole rings is 2. The lowest BCUT2D eigenvalue weighted by molar-refractivity contribution is -0.142. The van der Waals surface area contributed by atoms with Gasteiger partial charge in [0.25, 0.3) is 0 Å². The van der Waals surface area contributed by atoms with Gasteiger partial charge in [-0.2, -0.15) is 11.8 Å². The Bertz CT molecular complexity index is 3440. The predicted octanol–water partition coefficient (Wildman–Crippen LogP) is 4.38. The smallest absolute Gasteiger partial charge is 0.315 e. The average molecular weight is 1400 g/mol. The van der Waals surface area contributed by atoms with Crippen molar-refractivity contribution in [3.8, 4) is 23.7 Å². The molecule has 0 unspecified atom stereocenters. The number of nitrogens with zero attached hydrogens (tertiary/aromatic N) is 10. The van der Waals surface area contributed by atoms with Gasteiger partial charge in [0.1, 0.15) is 25.3 Å². The van der Waals surface area contributed by atoms with Gasteiger partial charge < -0.3 is 61.8 Å². The minimum atomic E-state index is -1.07. The van der Waals surface area contributed by atoms with Crippen LogP contribution in [-0.4, -0.2) is 210 Å². The number of amides is 8. The van der Waals surface area contributed by atoms with Crippen molar-refractivity contribution in [2.24, 2.45) is 0 Å². The van der Waals surface area contributed by atoms with Gasteiger partial charge in [0.05, 0.1) is 61.5 Å². The molecule has 4 saturated heterocycles. The van der Waals surface area contributed by atoms with E-state index in [1.165, 1.54) is 23.5 Å². The number of carbonyl (C=O) groups excluding carboxylic acids is 7. The Kier molecular flexibility index (Phi) is 28.6. The van der Waals surface area contributed by atoms with Crippen LogP contribution in [0.25, 0.3) is 0 Å². The van der Waals surface area contributed by atoms with Crippen molar-refractivity contribution < 1.29 is 43.0 Å². The highest BCUT2D eigenvalue weighted by Crippen LogP contribution is 2.34. The van der Waals surface area contributed by atoms with Gasteiger partial charge in [0.2, 0.25) is 45.8 Å². The standard InChI is InChI=1S/C68H90N18O9S3/c1-44(69-5)62(89)74-59(64(91)83-34-18-24-51(83)41-85-67(77-79-81-85)97-53-26-10-7-11-27-53)46(3)94-36-20-22-48-38-49(40-50(39-48)72-58(88)32-14-9-17-33-71-57(87)31-16-15-30-56-61-55(43-96-56)73-66(93)76-61)23-21-37-95-47(4)60(75-63(90)45(2)70-6)65(92)84-35-19-25-52(84)42-86-68(78-80-82-86)98-54-28-12-8-13-29-54/h7-8,10-13,26-29,38-40,44-47,51-52,55-56,59-61,69-70H,9,14-19,24-25,30-37,41-43H2,1-6H3,(H,71,87)(H,72,88)(H,74,89)(H,75,90)(H2,73,76,93)/t44-,45-,46+,47+,51-,52-,55-,56-,59-,60-,61-/m0/s1. The minimum absolute atomic E-state index is 0.000566. The second-order valence-corrected chi connectivity index (χ2v) is 28.1. The number of likely N-dealkylation sites (tertiary alicyclic amines) is 2. The van der Waals surface area contributed by atoms with Crippen LogP contribution in [0.5, 0.6) is 0 Å². The zero-order valence-corrected chi connectivity index (χ0v) is 58.8. The van der Waals surface area contributed by atoms with Gasteiger partial charge in [-0.3, -0.25) is 28.8 Å². The van der Waals surface area contributed by atoms with Crippen LogP contribution in [0.1, 0.15) is 116 Å². The van der Waals surface area contributed by atoms with E-state index in [-0.39, 0.29) is 85.3 Å². The van der Waals surface area contributed by atoms with Crippen LogP contribution in [-0.2, 0) is 51.3 Å². The lowest BCUT2D eigenvalue weighted by Crippen LogP contribution is -2.58. The fourth-order valence-electron chi connectivity index (χ4n) is 12.0. The van der Waals surface area contributed by atoms with Crippen LogP contribution in [0, 0.1) is 23.7 Å². The number of likely N-dealkylation sites (N-methyl/N-ethyl adjacent to an activating group) is 2. The molecule has 3 aromatic carbocycles. The maximum absolute atomic E-state index is 14.6. The van der Waals surface area contributed by atoms with E-state index in [4.69, 9.17) is 9.47 Å². The Hall–Kier alpha value is -8.10. The Morgan fingerprint density at radius 3 is 1.68 bits per heavy atom. The van der Waals surface area contributed by atoms with Gasteiger partial charge in [-0.15, -0.1) is 10.2 Å². The summed E-state index contributed by atoms with van der Waals surface area (Å²) in [6.07, 6.45) is 6.55. The van der Waals surface area contributed by atoms with Gasteiger partial charge in [0, 0.05) is 70.1 Å². The number of aromatic nitrogens is 8. The number of rotatable bonds is 34. The van der Waals surface area contributed by atoms with Crippen LogP contribution in [0.2, 0.25) is 0 Å². The Morgan fingerprint density at radius 1 is 0.653 bits per heavy atom. The second-order valence-electron chi connectivity index (χ2n) is 24.8. The minimum Gasteiger partial charge on any atom is -0.363 e.